The molecule has 1 aliphatic rings. The summed E-state index contributed by atoms with van der Waals surface area (Å²) in [5.74, 6) is -4.03. The number of aliphatic hydroxyl groups is 1. The Labute approximate surface area is 77.9 Å². The molecule has 2 atom stereocenters. The maximum absolute atomic E-state index is 10.7. The van der Waals surface area contributed by atoms with E-state index < -0.39 is 42.5 Å². The Bertz CT molecular complexity index is 296. The van der Waals surface area contributed by atoms with Crippen molar-refractivity contribution in [3.8, 4) is 0 Å². The number of carbonyl (C=O) groups is 3. The fourth-order valence-electron chi connectivity index (χ4n) is 1.28. The van der Waals surface area contributed by atoms with Crippen LogP contribution in [0.2, 0.25) is 0 Å². The normalized spacial score (nSPS) is 31.2. The minimum atomic E-state index is -2.33. The lowest BCUT2D eigenvalue weighted by Gasteiger charge is -2.23. The Balaban J connectivity index is 2.98. The summed E-state index contributed by atoms with van der Waals surface area (Å²) in [4.78, 5) is 31.8. The maximum atomic E-state index is 10.7. The van der Waals surface area contributed by atoms with E-state index in [9.17, 15) is 19.5 Å². The Hall–Kier alpha value is -1.63. The van der Waals surface area contributed by atoms with Crippen LogP contribution in [0.25, 0.3) is 0 Å². The molecule has 1 saturated heterocycles. The first-order valence-electron chi connectivity index (χ1n) is 3.73. The number of rotatable bonds is 3. The zero-order valence-electron chi connectivity index (χ0n) is 6.97. The number of carbonyl (C=O) groups excluding carboxylic acids is 1. The number of carboxylic acids is 2. The van der Waals surface area contributed by atoms with E-state index in [4.69, 9.17) is 10.2 Å². The van der Waals surface area contributed by atoms with Gasteiger partial charge in [0.05, 0.1) is 12.8 Å². The predicted octanol–water partition coefficient (Wildman–Crippen LogP) is -1.41. The van der Waals surface area contributed by atoms with Gasteiger partial charge >= 0.3 is 17.9 Å². The van der Waals surface area contributed by atoms with Gasteiger partial charge < -0.3 is 20.1 Å². The van der Waals surface area contributed by atoms with Crippen molar-refractivity contribution in [2.24, 2.45) is 0 Å². The summed E-state index contributed by atoms with van der Waals surface area (Å²) < 4.78 is 4.36. The number of aliphatic carboxylic acids is 2. The molecule has 0 aromatic heterocycles. The van der Waals surface area contributed by atoms with Gasteiger partial charge in [-0.05, 0) is 0 Å². The number of carboxylic acid groups (broad SMARTS) is 2. The highest BCUT2D eigenvalue weighted by Crippen LogP contribution is 2.30. The van der Waals surface area contributed by atoms with E-state index in [1.165, 1.54) is 0 Å². The molecule has 0 aliphatic carbocycles. The van der Waals surface area contributed by atoms with Crippen LogP contribution in [-0.2, 0) is 19.1 Å². The molecule has 0 aromatic carbocycles. The minimum absolute atomic E-state index is 0.500. The van der Waals surface area contributed by atoms with E-state index in [0.717, 1.165) is 0 Å². The molecule has 0 spiro atoms. The Kier molecular flexibility index (Phi) is 2.43. The van der Waals surface area contributed by atoms with Crippen molar-refractivity contribution in [2.75, 3.05) is 0 Å². The summed E-state index contributed by atoms with van der Waals surface area (Å²) in [5, 5.41) is 26.4. The van der Waals surface area contributed by atoms with Gasteiger partial charge in [-0.25, -0.2) is 4.79 Å². The lowest BCUT2D eigenvalue weighted by Crippen LogP contribution is -2.48. The molecule has 7 nitrogen and oxygen atoms in total. The second kappa shape index (κ2) is 3.26. The Morgan fingerprint density at radius 3 is 2.36 bits per heavy atom. The number of cyclic esters (lactones) is 1. The number of hydrogen-bond donors (Lipinski definition) is 3. The van der Waals surface area contributed by atoms with Crippen LogP contribution in [0.1, 0.15) is 12.8 Å². The van der Waals surface area contributed by atoms with Gasteiger partial charge in [0.25, 0.3) is 0 Å². The molecule has 1 aliphatic heterocycles. The van der Waals surface area contributed by atoms with Crippen LogP contribution in [0.15, 0.2) is 0 Å². The first-order valence-corrected chi connectivity index (χ1v) is 3.73. The van der Waals surface area contributed by atoms with Crippen LogP contribution >= 0.6 is 0 Å². The van der Waals surface area contributed by atoms with Crippen LogP contribution in [0.5, 0.6) is 0 Å². The van der Waals surface area contributed by atoms with Crippen molar-refractivity contribution in [3.63, 3.8) is 0 Å². The molecule has 7 heteroatoms. The van der Waals surface area contributed by atoms with Gasteiger partial charge in [-0.2, -0.15) is 0 Å². The van der Waals surface area contributed by atoms with Crippen molar-refractivity contribution in [2.45, 2.75) is 24.5 Å². The van der Waals surface area contributed by atoms with E-state index in [-0.39, 0.29) is 0 Å². The maximum Gasteiger partial charge on any atom is 0.351 e. The van der Waals surface area contributed by atoms with E-state index in [0.29, 0.717) is 0 Å². The SMILES string of the molecule is O=C(O)C[C@]1(C(=O)O)OC(=O)C[C@H]1O. The molecule has 78 valence electrons. The molecule has 0 bridgehead atoms. The molecule has 0 amide bonds. The van der Waals surface area contributed by atoms with Crippen LogP contribution in [-0.4, -0.2) is 44.9 Å². The van der Waals surface area contributed by atoms with Gasteiger partial charge in [0, 0.05) is 0 Å². The monoisotopic (exact) mass is 204 g/mol. The van der Waals surface area contributed by atoms with Crippen molar-refractivity contribution < 1.29 is 34.4 Å². The van der Waals surface area contributed by atoms with Crippen molar-refractivity contribution in [1.82, 2.24) is 0 Å². The highest BCUT2D eigenvalue weighted by molar-refractivity contribution is 5.90. The molecule has 0 aromatic rings. The number of hydrogen-bond acceptors (Lipinski definition) is 5. The fraction of sp³-hybridized carbons (Fsp3) is 0.571. The smallest absolute Gasteiger partial charge is 0.351 e. The van der Waals surface area contributed by atoms with Crippen LogP contribution < -0.4 is 0 Å². The molecule has 0 unspecified atom stereocenters. The lowest BCUT2D eigenvalue weighted by molar-refractivity contribution is -0.180. The van der Waals surface area contributed by atoms with Gasteiger partial charge in [-0.1, -0.05) is 0 Å². The van der Waals surface area contributed by atoms with Crippen molar-refractivity contribution >= 4 is 17.9 Å². The quantitative estimate of drug-likeness (QED) is 0.483. The Morgan fingerprint density at radius 1 is 1.50 bits per heavy atom. The largest absolute Gasteiger partial charge is 0.481 e. The summed E-state index contributed by atoms with van der Waals surface area (Å²) in [7, 11) is 0. The standard InChI is InChI=1S/C7H8O7/c8-3-1-5(11)14-7(3,6(12)13)2-4(9)10/h3,8H,1-2H2,(H,9,10)(H,12,13)/t3-,7+/m1/s1. The van der Waals surface area contributed by atoms with Gasteiger partial charge in [-0.3, -0.25) is 9.59 Å². The predicted molar refractivity (Wildman–Crippen MR) is 39.3 cm³/mol. The first-order chi connectivity index (χ1) is 6.38. The van der Waals surface area contributed by atoms with E-state index in [2.05, 4.69) is 4.74 Å². The third kappa shape index (κ3) is 1.53. The molecule has 0 radical (unpaired) electrons. The number of ether oxygens (including phenoxy) is 1. The molecular weight excluding hydrogens is 196 g/mol. The van der Waals surface area contributed by atoms with E-state index >= 15 is 0 Å². The van der Waals surface area contributed by atoms with Crippen LogP contribution in [0, 0.1) is 0 Å². The highest BCUT2D eigenvalue weighted by Gasteiger charge is 2.56. The lowest BCUT2D eigenvalue weighted by atomic mass is 9.93. The van der Waals surface area contributed by atoms with Gasteiger partial charge in [0.2, 0.25) is 5.60 Å². The molecule has 14 heavy (non-hydrogen) atoms. The summed E-state index contributed by atoms with van der Waals surface area (Å²) in [6, 6.07) is 0. The van der Waals surface area contributed by atoms with Crippen LogP contribution in [0.4, 0.5) is 0 Å². The minimum Gasteiger partial charge on any atom is -0.481 e. The first kappa shape index (κ1) is 10.5. The van der Waals surface area contributed by atoms with Crippen molar-refractivity contribution in [1.29, 1.82) is 0 Å². The average molecular weight is 204 g/mol. The molecule has 3 N–H and O–H groups in total. The third-order valence-corrected chi connectivity index (χ3v) is 1.97. The van der Waals surface area contributed by atoms with Gasteiger partial charge in [0.15, 0.2) is 0 Å². The zero-order valence-corrected chi connectivity index (χ0v) is 6.97. The summed E-state index contributed by atoms with van der Waals surface area (Å²) >= 11 is 0. The third-order valence-electron chi connectivity index (χ3n) is 1.97. The van der Waals surface area contributed by atoms with Gasteiger partial charge in [-0.15, -0.1) is 0 Å². The van der Waals surface area contributed by atoms with E-state index in [1.807, 2.05) is 0 Å². The topological polar surface area (TPSA) is 121 Å². The number of esters is 1. The summed E-state index contributed by atoms with van der Waals surface area (Å²) in [5.41, 5.74) is -2.33. The molecule has 1 heterocycles. The number of aliphatic hydroxyl groups excluding tert-OH is 1. The molecule has 1 rings (SSSR count). The molecule has 0 saturated carbocycles. The second-order valence-corrected chi connectivity index (χ2v) is 2.96. The fourth-order valence-corrected chi connectivity index (χ4v) is 1.28. The zero-order chi connectivity index (χ0) is 10.9. The van der Waals surface area contributed by atoms with E-state index in [1.54, 1.807) is 0 Å². The summed E-state index contributed by atoms with van der Waals surface area (Å²) in [6.07, 6.45) is -3.07. The summed E-state index contributed by atoms with van der Waals surface area (Å²) in [6.45, 7) is 0. The molecular formula is C7H8O7. The second-order valence-electron chi connectivity index (χ2n) is 2.96. The average Bonchev–Trinajstić information content (AvgIpc) is 2.26. The van der Waals surface area contributed by atoms with Gasteiger partial charge in [0.1, 0.15) is 6.10 Å². The van der Waals surface area contributed by atoms with Crippen LogP contribution in [0.3, 0.4) is 0 Å². The Morgan fingerprint density at radius 2 is 2.07 bits per heavy atom. The molecule has 1 fully saturated rings. The highest BCUT2D eigenvalue weighted by atomic mass is 16.6. The van der Waals surface area contributed by atoms with Crippen molar-refractivity contribution in [3.05, 3.63) is 0 Å².